The van der Waals surface area contributed by atoms with E-state index in [1.165, 1.54) is 12.2 Å². The van der Waals surface area contributed by atoms with Crippen molar-refractivity contribution in [2.45, 2.75) is 0 Å². The fourth-order valence-electron chi connectivity index (χ4n) is 0.243. The SMILES string of the molecule is C=C(O)/C=C\C(=C)C=O. The van der Waals surface area contributed by atoms with Crippen LogP contribution in [0, 0.1) is 0 Å². The van der Waals surface area contributed by atoms with Crippen molar-refractivity contribution in [3.05, 3.63) is 36.6 Å². The van der Waals surface area contributed by atoms with Gasteiger partial charge in [0.2, 0.25) is 0 Å². The van der Waals surface area contributed by atoms with Crippen LogP contribution in [0.1, 0.15) is 0 Å². The van der Waals surface area contributed by atoms with Gasteiger partial charge in [-0.15, -0.1) is 0 Å². The van der Waals surface area contributed by atoms with Crippen LogP contribution >= 0.6 is 0 Å². The van der Waals surface area contributed by atoms with Gasteiger partial charge in [-0.3, -0.25) is 4.79 Å². The van der Waals surface area contributed by atoms with E-state index < -0.39 is 0 Å². The van der Waals surface area contributed by atoms with E-state index in [4.69, 9.17) is 5.11 Å². The smallest absolute Gasteiger partial charge is 0.149 e. The third-order valence-corrected chi connectivity index (χ3v) is 0.641. The molecule has 9 heavy (non-hydrogen) atoms. The molecule has 0 heterocycles. The van der Waals surface area contributed by atoms with E-state index in [1.54, 1.807) is 0 Å². The summed E-state index contributed by atoms with van der Waals surface area (Å²) in [6.07, 6.45) is 3.28. The van der Waals surface area contributed by atoms with E-state index in [2.05, 4.69) is 13.2 Å². The summed E-state index contributed by atoms with van der Waals surface area (Å²) in [5.41, 5.74) is 0.310. The highest BCUT2D eigenvalue weighted by Gasteiger charge is 1.80. The maximum Gasteiger partial charge on any atom is 0.149 e. The highest BCUT2D eigenvalue weighted by atomic mass is 16.3. The molecule has 0 bridgehead atoms. The van der Waals surface area contributed by atoms with Crippen LogP contribution < -0.4 is 0 Å². The maximum absolute atomic E-state index is 9.86. The van der Waals surface area contributed by atoms with Gasteiger partial charge in [-0.1, -0.05) is 13.2 Å². The van der Waals surface area contributed by atoms with Crippen molar-refractivity contribution in [2.24, 2.45) is 0 Å². The topological polar surface area (TPSA) is 37.3 Å². The lowest BCUT2D eigenvalue weighted by Gasteiger charge is -1.83. The Labute approximate surface area is 53.8 Å². The first kappa shape index (κ1) is 7.69. The van der Waals surface area contributed by atoms with Crippen LogP contribution in [0.15, 0.2) is 36.6 Å². The number of carbonyl (C=O) groups is 1. The van der Waals surface area contributed by atoms with Gasteiger partial charge in [0.15, 0.2) is 0 Å². The molecule has 0 aromatic carbocycles. The molecule has 0 aromatic heterocycles. The van der Waals surface area contributed by atoms with Gasteiger partial charge >= 0.3 is 0 Å². The first-order valence-corrected chi connectivity index (χ1v) is 2.37. The molecule has 0 aliphatic heterocycles. The van der Waals surface area contributed by atoms with Crippen molar-refractivity contribution in [1.82, 2.24) is 0 Å². The highest BCUT2D eigenvalue weighted by Crippen LogP contribution is 1.90. The second kappa shape index (κ2) is 3.66. The molecule has 2 heteroatoms. The van der Waals surface area contributed by atoms with Gasteiger partial charge in [0, 0.05) is 5.57 Å². The minimum absolute atomic E-state index is 0.0852. The van der Waals surface area contributed by atoms with Crippen LogP contribution in [0.3, 0.4) is 0 Å². The number of rotatable bonds is 3. The lowest BCUT2D eigenvalue weighted by atomic mass is 10.3. The Bertz CT molecular complexity index is 166. The number of carbonyl (C=O) groups excluding carboxylic acids is 1. The fraction of sp³-hybridized carbons (Fsp3) is 0. The molecular formula is C7H8O2. The Kier molecular flexibility index (Phi) is 3.13. The predicted molar refractivity (Wildman–Crippen MR) is 36.1 cm³/mol. The number of aliphatic hydroxyl groups excluding tert-OH is 1. The van der Waals surface area contributed by atoms with E-state index in [0.29, 0.717) is 11.9 Å². The summed E-state index contributed by atoms with van der Waals surface area (Å²) in [6, 6.07) is 0. The molecule has 0 unspecified atom stereocenters. The first-order valence-electron chi connectivity index (χ1n) is 2.37. The van der Waals surface area contributed by atoms with Crippen molar-refractivity contribution in [2.75, 3.05) is 0 Å². The molecule has 0 spiro atoms. The average molecular weight is 124 g/mol. The monoisotopic (exact) mass is 124 g/mol. The molecule has 1 N–H and O–H groups in total. The summed E-state index contributed by atoms with van der Waals surface area (Å²) in [7, 11) is 0. The summed E-state index contributed by atoms with van der Waals surface area (Å²) >= 11 is 0. The minimum atomic E-state index is -0.0852. The lowest BCUT2D eigenvalue weighted by Crippen LogP contribution is -1.74. The normalized spacial score (nSPS) is 9.33. The zero-order valence-corrected chi connectivity index (χ0v) is 5.00. The fourth-order valence-corrected chi connectivity index (χ4v) is 0.243. The van der Waals surface area contributed by atoms with E-state index in [-0.39, 0.29) is 5.76 Å². The van der Waals surface area contributed by atoms with Gasteiger partial charge in [0.1, 0.15) is 12.0 Å². The summed E-state index contributed by atoms with van der Waals surface area (Å²) in [6.45, 7) is 6.51. The Hall–Kier alpha value is -1.31. The zero-order valence-electron chi connectivity index (χ0n) is 5.00. The molecule has 0 saturated carbocycles. The highest BCUT2D eigenvalue weighted by molar-refractivity contribution is 5.76. The molecule has 0 fully saturated rings. The number of hydrogen-bond donors (Lipinski definition) is 1. The summed E-state index contributed by atoms with van der Waals surface area (Å²) < 4.78 is 0. The average Bonchev–Trinajstić information content (AvgIpc) is 1.83. The predicted octanol–water partition coefficient (Wildman–Crippen LogP) is 1.37. The van der Waals surface area contributed by atoms with Crippen molar-refractivity contribution in [1.29, 1.82) is 0 Å². The molecule has 0 rings (SSSR count). The maximum atomic E-state index is 9.86. The van der Waals surface area contributed by atoms with Gasteiger partial charge in [-0.25, -0.2) is 0 Å². The minimum Gasteiger partial charge on any atom is -0.509 e. The third-order valence-electron chi connectivity index (χ3n) is 0.641. The van der Waals surface area contributed by atoms with E-state index in [0.717, 1.165) is 0 Å². The molecule has 48 valence electrons. The molecule has 0 radical (unpaired) electrons. The number of hydrogen-bond acceptors (Lipinski definition) is 2. The quantitative estimate of drug-likeness (QED) is 0.267. The number of aldehydes is 1. The van der Waals surface area contributed by atoms with Crippen molar-refractivity contribution >= 4 is 6.29 Å². The number of aliphatic hydroxyl groups is 1. The Balaban J connectivity index is 3.85. The Morgan fingerprint density at radius 1 is 1.33 bits per heavy atom. The molecule has 0 aromatic rings. The van der Waals surface area contributed by atoms with Crippen LogP contribution in [-0.2, 0) is 4.79 Å². The van der Waals surface area contributed by atoms with Gasteiger partial charge in [0.05, 0.1) is 0 Å². The number of allylic oxidation sites excluding steroid dienone is 3. The molecule has 0 atom stereocenters. The molecule has 0 amide bonds. The molecule has 0 aliphatic rings. The van der Waals surface area contributed by atoms with Gasteiger partial charge < -0.3 is 5.11 Å². The van der Waals surface area contributed by atoms with E-state index in [1.807, 2.05) is 0 Å². The third kappa shape index (κ3) is 4.55. The largest absolute Gasteiger partial charge is 0.509 e. The van der Waals surface area contributed by atoms with Gasteiger partial charge in [0.25, 0.3) is 0 Å². The summed E-state index contributed by atoms with van der Waals surface area (Å²) in [5.74, 6) is -0.0852. The van der Waals surface area contributed by atoms with Crippen LogP contribution in [-0.4, -0.2) is 11.4 Å². The zero-order chi connectivity index (χ0) is 7.28. The molecular weight excluding hydrogens is 116 g/mol. The van der Waals surface area contributed by atoms with Crippen molar-refractivity contribution in [3.63, 3.8) is 0 Å². The lowest BCUT2D eigenvalue weighted by molar-refractivity contribution is -0.104. The van der Waals surface area contributed by atoms with Crippen LogP contribution in [0.4, 0.5) is 0 Å². The second-order valence-electron chi connectivity index (χ2n) is 1.52. The second-order valence-corrected chi connectivity index (χ2v) is 1.52. The summed E-state index contributed by atoms with van der Waals surface area (Å²) in [4.78, 5) is 9.86. The van der Waals surface area contributed by atoms with Gasteiger partial charge in [-0.05, 0) is 12.2 Å². The molecule has 0 aliphatic carbocycles. The van der Waals surface area contributed by atoms with Crippen LogP contribution in [0.2, 0.25) is 0 Å². The van der Waals surface area contributed by atoms with Crippen molar-refractivity contribution < 1.29 is 9.90 Å². The molecule has 2 nitrogen and oxygen atoms in total. The standard InChI is InChI=1S/C7H8O2/c1-6(5-8)3-4-7(2)9/h3-5,9H,1-2H2/b4-3-. The van der Waals surface area contributed by atoms with E-state index in [9.17, 15) is 4.79 Å². The first-order chi connectivity index (χ1) is 4.16. The Morgan fingerprint density at radius 2 is 1.89 bits per heavy atom. The van der Waals surface area contributed by atoms with Crippen molar-refractivity contribution in [3.8, 4) is 0 Å². The Morgan fingerprint density at radius 3 is 2.22 bits per heavy atom. The van der Waals surface area contributed by atoms with Gasteiger partial charge in [-0.2, -0.15) is 0 Å². The van der Waals surface area contributed by atoms with E-state index >= 15 is 0 Å². The van der Waals surface area contributed by atoms with Crippen LogP contribution in [0.5, 0.6) is 0 Å². The molecule has 0 saturated heterocycles. The summed E-state index contributed by atoms with van der Waals surface area (Å²) in [5, 5.41) is 8.46. The van der Waals surface area contributed by atoms with Crippen LogP contribution in [0.25, 0.3) is 0 Å².